The Morgan fingerprint density at radius 3 is 2.33 bits per heavy atom. The Morgan fingerprint density at radius 1 is 1.33 bits per heavy atom. The van der Waals surface area contributed by atoms with Gasteiger partial charge in [-0.3, -0.25) is 4.99 Å². The van der Waals surface area contributed by atoms with Gasteiger partial charge in [-0.05, 0) is 24.6 Å². The van der Waals surface area contributed by atoms with Crippen molar-refractivity contribution in [3.05, 3.63) is 49.0 Å². The van der Waals surface area contributed by atoms with E-state index in [1.807, 2.05) is 6.92 Å². The Balaban J connectivity index is 5.12. The Kier molecular flexibility index (Phi) is 6.11. The minimum atomic E-state index is 0.364. The van der Waals surface area contributed by atoms with Gasteiger partial charge >= 0.3 is 0 Å². The van der Waals surface area contributed by atoms with Crippen molar-refractivity contribution in [1.82, 2.24) is 5.32 Å². The van der Waals surface area contributed by atoms with Gasteiger partial charge in [0.1, 0.15) is 0 Å². The van der Waals surface area contributed by atoms with Crippen molar-refractivity contribution in [1.29, 1.82) is 0 Å². The number of hydrogen-bond donors (Lipinski definition) is 1. The van der Waals surface area contributed by atoms with Crippen LogP contribution in [-0.2, 0) is 0 Å². The Labute approximate surface area is 92.8 Å². The van der Waals surface area contributed by atoms with E-state index in [1.165, 1.54) is 0 Å². The van der Waals surface area contributed by atoms with E-state index >= 15 is 0 Å². The fourth-order valence-corrected chi connectivity index (χ4v) is 1.04. The van der Waals surface area contributed by atoms with Crippen LogP contribution in [0, 0.1) is 5.92 Å². The fourth-order valence-electron chi connectivity index (χ4n) is 1.04. The Hall–Kier alpha value is -1.57. The quantitative estimate of drug-likeness (QED) is 0.520. The number of allylic oxidation sites excluding steroid dienone is 3. The molecule has 0 aromatic heterocycles. The second-order valence-corrected chi connectivity index (χ2v) is 3.52. The zero-order chi connectivity index (χ0) is 11.8. The molecule has 0 amide bonds. The molecular weight excluding hydrogens is 184 g/mol. The normalized spacial score (nSPS) is 12.5. The standard InChI is InChI=1S/C13H20N2/c1-7-9-15-13(11(5)10(3)4)12(6)14-8-2/h7-10,14H,1-2,5H2,3-4,6H3/b13-12+,15-9-. The molecule has 0 aromatic carbocycles. The lowest BCUT2D eigenvalue weighted by Crippen LogP contribution is -2.07. The Morgan fingerprint density at radius 2 is 1.93 bits per heavy atom. The fraction of sp³-hybridized carbons (Fsp3) is 0.308. The minimum Gasteiger partial charge on any atom is -0.364 e. The third-order valence-corrected chi connectivity index (χ3v) is 1.98. The molecule has 0 aliphatic carbocycles. The minimum absolute atomic E-state index is 0.364. The highest BCUT2D eigenvalue weighted by Crippen LogP contribution is 2.20. The lowest BCUT2D eigenvalue weighted by atomic mass is 10.0. The van der Waals surface area contributed by atoms with Crippen molar-refractivity contribution in [2.75, 3.05) is 0 Å². The van der Waals surface area contributed by atoms with Gasteiger partial charge in [0.05, 0.1) is 5.70 Å². The third kappa shape index (κ3) is 4.45. The summed E-state index contributed by atoms with van der Waals surface area (Å²) >= 11 is 0. The lowest BCUT2D eigenvalue weighted by molar-refractivity contribution is 0.770. The van der Waals surface area contributed by atoms with Crippen molar-refractivity contribution in [3.63, 3.8) is 0 Å². The molecule has 1 N–H and O–H groups in total. The topological polar surface area (TPSA) is 24.4 Å². The smallest absolute Gasteiger partial charge is 0.0847 e. The van der Waals surface area contributed by atoms with Crippen molar-refractivity contribution < 1.29 is 0 Å². The van der Waals surface area contributed by atoms with Gasteiger partial charge in [0, 0.05) is 11.9 Å². The molecule has 0 aromatic rings. The van der Waals surface area contributed by atoms with Crippen LogP contribution in [0.5, 0.6) is 0 Å². The molecule has 0 aliphatic heterocycles. The maximum atomic E-state index is 4.31. The van der Waals surface area contributed by atoms with E-state index in [1.54, 1.807) is 18.5 Å². The van der Waals surface area contributed by atoms with Gasteiger partial charge in [-0.1, -0.05) is 39.7 Å². The van der Waals surface area contributed by atoms with Crippen molar-refractivity contribution in [2.45, 2.75) is 20.8 Å². The molecule has 0 fully saturated rings. The van der Waals surface area contributed by atoms with E-state index in [2.05, 4.69) is 43.9 Å². The van der Waals surface area contributed by atoms with Gasteiger partial charge < -0.3 is 5.32 Å². The Bertz CT molecular complexity index is 306. The van der Waals surface area contributed by atoms with Gasteiger partial charge in [-0.2, -0.15) is 0 Å². The first-order valence-corrected chi connectivity index (χ1v) is 4.97. The highest BCUT2D eigenvalue weighted by Gasteiger charge is 2.08. The van der Waals surface area contributed by atoms with E-state index in [0.717, 1.165) is 17.0 Å². The molecular formula is C13H20N2. The van der Waals surface area contributed by atoms with Crippen LogP contribution in [0.2, 0.25) is 0 Å². The van der Waals surface area contributed by atoms with Crippen LogP contribution in [0.1, 0.15) is 20.8 Å². The van der Waals surface area contributed by atoms with Gasteiger partial charge in [0.2, 0.25) is 0 Å². The van der Waals surface area contributed by atoms with E-state index < -0.39 is 0 Å². The van der Waals surface area contributed by atoms with Crippen molar-refractivity contribution in [2.24, 2.45) is 10.9 Å². The SMILES string of the molecule is C=C/C=N\C(C(=C)C(C)C)=C(/C)NC=C. The molecule has 2 nitrogen and oxygen atoms in total. The number of rotatable bonds is 6. The van der Waals surface area contributed by atoms with E-state index in [0.29, 0.717) is 5.92 Å². The summed E-state index contributed by atoms with van der Waals surface area (Å²) < 4.78 is 0. The summed E-state index contributed by atoms with van der Waals surface area (Å²) in [4.78, 5) is 4.31. The summed E-state index contributed by atoms with van der Waals surface area (Å²) in [7, 11) is 0. The predicted octanol–water partition coefficient (Wildman–Crippen LogP) is 3.42. The first-order chi connectivity index (χ1) is 7.04. The molecule has 0 spiro atoms. The first-order valence-electron chi connectivity index (χ1n) is 4.97. The number of hydrogen-bond acceptors (Lipinski definition) is 2. The average Bonchev–Trinajstić information content (AvgIpc) is 2.18. The maximum absolute atomic E-state index is 4.31. The van der Waals surface area contributed by atoms with Crippen LogP contribution < -0.4 is 5.32 Å². The summed E-state index contributed by atoms with van der Waals surface area (Å²) in [5, 5.41) is 3.02. The van der Waals surface area contributed by atoms with E-state index in [-0.39, 0.29) is 0 Å². The van der Waals surface area contributed by atoms with Crippen LogP contribution in [0.25, 0.3) is 0 Å². The first kappa shape index (κ1) is 13.4. The summed E-state index contributed by atoms with van der Waals surface area (Å²) in [5.74, 6) is 0.364. The molecule has 0 atom stereocenters. The summed E-state index contributed by atoms with van der Waals surface area (Å²) in [6.45, 7) is 17.4. The van der Waals surface area contributed by atoms with Crippen molar-refractivity contribution >= 4 is 6.21 Å². The number of aliphatic imine (C=N–C) groups is 1. The summed E-state index contributed by atoms with van der Waals surface area (Å²) in [6, 6.07) is 0. The van der Waals surface area contributed by atoms with Gasteiger partial charge in [-0.15, -0.1) is 0 Å². The maximum Gasteiger partial charge on any atom is 0.0847 e. The van der Waals surface area contributed by atoms with Crippen LogP contribution in [0.3, 0.4) is 0 Å². The van der Waals surface area contributed by atoms with Gasteiger partial charge in [-0.25, -0.2) is 0 Å². The molecule has 15 heavy (non-hydrogen) atoms. The number of nitrogens with zero attached hydrogens (tertiary/aromatic N) is 1. The van der Waals surface area contributed by atoms with Crippen LogP contribution in [0.15, 0.2) is 54.0 Å². The lowest BCUT2D eigenvalue weighted by Gasteiger charge is -2.13. The molecule has 82 valence electrons. The molecule has 0 saturated carbocycles. The molecule has 0 aliphatic rings. The average molecular weight is 204 g/mol. The zero-order valence-electron chi connectivity index (χ0n) is 9.88. The second kappa shape index (κ2) is 6.82. The van der Waals surface area contributed by atoms with Crippen LogP contribution in [-0.4, -0.2) is 6.21 Å². The molecule has 0 rings (SSSR count). The van der Waals surface area contributed by atoms with E-state index in [9.17, 15) is 0 Å². The van der Waals surface area contributed by atoms with Gasteiger partial charge in [0.15, 0.2) is 0 Å². The van der Waals surface area contributed by atoms with Crippen LogP contribution >= 0.6 is 0 Å². The second-order valence-electron chi connectivity index (χ2n) is 3.52. The van der Waals surface area contributed by atoms with Crippen LogP contribution in [0.4, 0.5) is 0 Å². The van der Waals surface area contributed by atoms with E-state index in [4.69, 9.17) is 0 Å². The van der Waals surface area contributed by atoms with Crippen molar-refractivity contribution in [3.8, 4) is 0 Å². The largest absolute Gasteiger partial charge is 0.364 e. The monoisotopic (exact) mass is 204 g/mol. The highest BCUT2D eigenvalue weighted by molar-refractivity contribution is 5.72. The predicted molar refractivity (Wildman–Crippen MR) is 68.7 cm³/mol. The molecule has 0 unspecified atom stereocenters. The summed E-state index contributed by atoms with van der Waals surface area (Å²) in [6.07, 6.45) is 4.94. The van der Waals surface area contributed by atoms with Gasteiger partial charge in [0.25, 0.3) is 0 Å². The summed E-state index contributed by atoms with van der Waals surface area (Å²) in [5.41, 5.74) is 2.81. The molecule has 0 heterocycles. The highest BCUT2D eigenvalue weighted by atomic mass is 14.9. The molecule has 0 saturated heterocycles. The zero-order valence-corrected chi connectivity index (χ0v) is 9.88. The molecule has 0 radical (unpaired) electrons. The third-order valence-electron chi connectivity index (χ3n) is 1.98. The number of nitrogens with one attached hydrogen (secondary N) is 1. The molecule has 2 heteroatoms. The molecule has 0 bridgehead atoms.